The van der Waals surface area contributed by atoms with Gasteiger partial charge in [0.1, 0.15) is 5.69 Å². The lowest BCUT2D eigenvalue weighted by atomic mass is 10.1. The van der Waals surface area contributed by atoms with E-state index in [1.807, 2.05) is 17.1 Å². The largest absolute Gasteiger partial charge is 0.456 e. The van der Waals surface area contributed by atoms with Crippen LogP contribution in [0.2, 0.25) is 5.02 Å². The zero-order chi connectivity index (χ0) is 20.1. The Labute approximate surface area is 167 Å². The van der Waals surface area contributed by atoms with E-state index in [4.69, 9.17) is 16.3 Å². The Morgan fingerprint density at radius 1 is 1.25 bits per heavy atom. The highest BCUT2D eigenvalue weighted by atomic mass is 35.5. The van der Waals surface area contributed by atoms with Gasteiger partial charge < -0.3 is 14.5 Å². The number of hydrogen-bond donors (Lipinski definition) is 0. The summed E-state index contributed by atoms with van der Waals surface area (Å²) in [6.45, 7) is 1.45. The Hall–Kier alpha value is -2.61. The average Bonchev–Trinajstić information content (AvgIpc) is 3.19. The van der Waals surface area contributed by atoms with Crippen LogP contribution in [0.15, 0.2) is 30.4 Å². The van der Waals surface area contributed by atoms with Crippen molar-refractivity contribution in [1.82, 2.24) is 4.90 Å². The molecular weight excluding hydrogens is 386 g/mol. The van der Waals surface area contributed by atoms with E-state index in [1.54, 1.807) is 17.0 Å². The molecule has 1 atom stereocenters. The molecule has 0 unspecified atom stereocenters. The minimum atomic E-state index is -0.461. The van der Waals surface area contributed by atoms with E-state index in [0.717, 1.165) is 12.8 Å². The molecule has 28 heavy (non-hydrogen) atoms. The summed E-state index contributed by atoms with van der Waals surface area (Å²) in [5, 5.41) is 11.6. The average molecular weight is 408 g/mol. The second-order valence-corrected chi connectivity index (χ2v) is 7.32. The minimum Gasteiger partial charge on any atom is -0.456 e. The topological polar surface area (TPSA) is 93.0 Å². The van der Waals surface area contributed by atoms with Crippen molar-refractivity contribution < 1.29 is 19.2 Å². The molecule has 0 radical (unpaired) electrons. The molecule has 1 aliphatic carbocycles. The first-order valence-electron chi connectivity index (χ1n) is 9.23. The number of hydrogen-bond acceptors (Lipinski definition) is 6. The Bertz CT molecular complexity index is 790. The number of allylic oxidation sites excluding steroid dienone is 2. The van der Waals surface area contributed by atoms with Gasteiger partial charge in [-0.2, -0.15) is 0 Å². The molecule has 8 nitrogen and oxygen atoms in total. The smallest absolute Gasteiger partial charge is 0.306 e. The van der Waals surface area contributed by atoms with Gasteiger partial charge in [-0.15, -0.1) is 0 Å². The first kappa shape index (κ1) is 20.1. The van der Waals surface area contributed by atoms with Crippen molar-refractivity contribution in [3.63, 3.8) is 0 Å². The molecule has 0 N–H and O–H groups in total. The highest BCUT2D eigenvalue weighted by molar-refractivity contribution is 6.30. The first-order valence-corrected chi connectivity index (χ1v) is 9.61. The summed E-state index contributed by atoms with van der Waals surface area (Å²) in [7, 11) is 0. The zero-order valence-corrected chi connectivity index (χ0v) is 16.1. The molecule has 0 saturated carbocycles. The molecule has 1 aromatic carbocycles. The van der Waals surface area contributed by atoms with Crippen molar-refractivity contribution in [2.45, 2.75) is 19.3 Å². The molecule has 0 aromatic heterocycles. The minimum absolute atomic E-state index is 0.0535. The van der Waals surface area contributed by atoms with E-state index in [9.17, 15) is 19.7 Å². The highest BCUT2D eigenvalue weighted by Crippen LogP contribution is 2.31. The number of piperazine rings is 1. The van der Waals surface area contributed by atoms with Crippen molar-refractivity contribution in [2.75, 3.05) is 37.7 Å². The second kappa shape index (κ2) is 9.05. The maximum absolute atomic E-state index is 12.3. The Kier molecular flexibility index (Phi) is 6.51. The van der Waals surface area contributed by atoms with Crippen LogP contribution >= 0.6 is 11.6 Å². The summed E-state index contributed by atoms with van der Waals surface area (Å²) in [6.07, 6.45) is 6.29. The molecule has 150 valence electrons. The Morgan fingerprint density at radius 2 is 2.00 bits per heavy atom. The van der Waals surface area contributed by atoms with E-state index in [0.29, 0.717) is 43.3 Å². The van der Waals surface area contributed by atoms with Gasteiger partial charge in [-0.3, -0.25) is 19.7 Å². The summed E-state index contributed by atoms with van der Waals surface area (Å²) in [5.74, 6) is -0.401. The summed E-state index contributed by atoms with van der Waals surface area (Å²) < 4.78 is 5.11. The number of esters is 1. The molecule has 1 aromatic rings. The van der Waals surface area contributed by atoms with Gasteiger partial charge in [0, 0.05) is 37.3 Å². The fraction of sp³-hybridized carbons (Fsp3) is 0.474. The fourth-order valence-corrected chi connectivity index (χ4v) is 3.65. The number of rotatable bonds is 6. The van der Waals surface area contributed by atoms with E-state index in [1.165, 1.54) is 6.07 Å². The van der Waals surface area contributed by atoms with Gasteiger partial charge in [-0.05, 0) is 30.9 Å². The quantitative estimate of drug-likeness (QED) is 0.311. The monoisotopic (exact) mass is 407 g/mol. The number of anilines is 1. The standard InChI is InChI=1S/C19H22ClN3O5/c20-15-5-6-16(17(12-15)23(26)27)21-7-9-22(10-8-21)18(24)13-28-19(25)11-14-3-1-2-4-14/h1,3,5-6,12,14H,2,4,7-11,13H2/t14-/m1/s1. The van der Waals surface area contributed by atoms with Crippen LogP contribution < -0.4 is 4.90 Å². The molecule has 1 amide bonds. The number of ether oxygens (including phenoxy) is 1. The van der Waals surface area contributed by atoms with Crippen LogP contribution in [0.4, 0.5) is 11.4 Å². The number of nitro groups is 1. The molecule has 0 bridgehead atoms. The van der Waals surface area contributed by atoms with E-state index in [2.05, 4.69) is 0 Å². The second-order valence-electron chi connectivity index (χ2n) is 6.89. The summed E-state index contributed by atoms with van der Waals surface area (Å²) in [5.41, 5.74) is 0.430. The van der Waals surface area contributed by atoms with Gasteiger partial charge in [-0.25, -0.2) is 0 Å². The molecule has 1 aliphatic heterocycles. The van der Waals surface area contributed by atoms with Gasteiger partial charge in [0.15, 0.2) is 6.61 Å². The van der Waals surface area contributed by atoms with Crippen LogP contribution in [0.3, 0.4) is 0 Å². The van der Waals surface area contributed by atoms with Gasteiger partial charge in [0.05, 0.1) is 11.3 Å². The molecule has 1 heterocycles. The number of halogens is 1. The molecule has 0 spiro atoms. The van der Waals surface area contributed by atoms with Crippen LogP contribution in [0.5, 0.6) is 0 Å². The number of benzene rings is 1. The number of amides is 1. The Balaban J connectivity index is 1.48. The molecule has 1 saturated heterocycles. The lowest BCUT2D eigenvalue weighted by Gasteiger charge is -2.35. The lowest BCUT2D eigenvalue weighted by molar-refractivity contribution is -0.384. The normalized spacial score (nSPS) is 19.0. The predicted molar refractivity (Wildman–Crippen MR) is 104 cm³/mol. The van der Waals surface area contributed by atoms with E-state index < -0.39 is 4.92 Å². The van der Waals surface area contributed by atoms with Crippen LogP contribution in [0, 0.1) is 16.0 Å². The zero-order valence-electron chi connectivity index (χ0n) is 15.4. The maximum Gasteiger partial charge on any atom is 0.306 e. The lowest BCUT2D eigenvalue weighted by Crippen LogP contribution is -2.50. The van der Waals surface area contributed by atoms with Gasteiger partial charge in [0.2, 0.25) is 0 Å². The third-order valence-corrected chi connectivity index (χ3v) is 5.24. The predicted octanol–water partition coefficient (Wildman–Crippen LogP) is 2.80. The third kappa shape index (κ3) is 5.01. The number of nitrogens with zero attached hydrogens (tertiary/aromatic N) is 3. The van der Waals surface area contributed by atoms with Crippen molar-refractivity contribution in [2.24, 2.45) is 5.92 Å². The van der Waals surface area contributed by atoms with Crippen molar-refractivity contribution >= 4 is 34.9 Å². The van der Waals surface area contributed by atoms with Crippen LogP contribution in [-0.2, 0) is 14.3 Å². The number of carbonyl (C=O) groups excluding carboxylic acids is 2. The molecule has 2 aliphatic rings. The molecule has 3 rings (SSSR count). The molecular formula is C19H22ClN3O5. The van der Waals surface area contributed by atoms with Gasteiger partial charge in [-0.1, -0.05) is 23.8 Å². The fourth-order valence-electron chi connectivity index (χ4n) is 3.48. The first-order chi connectivity index (χ1) is 13.4. The number of nitro benzene ring substituents is 1. The summed E-state index contributed by atoms with van der Waals surface area (Å²) >= 11 is 5.86. The number of carbonyl (C=O) groups is 2. The summed E-state index contributed by atoms with van der Waals surface area (Å²) in [6, 6.07) is 4.56. The Morgan fingerprint density at radius 3 is 2.64 bits per heavy atom. The van der Waals surface area contributed by atoms with Crippen molar-refractivity contribution in [3.05, 3.63) is 45.5 Å². The molecule has 1 fully saturated rings. The third-order valence-electron chi connectivity index (χ3n) is 5.01. The van der Waals surface area contributed by atoms with Crippen molar-refractivity contribution in [3.8, 4) is 0 Å². The van der Waals surface area contributed by atoms with Crippen LogP contribution in [0.25, 0.3) is 0 Å². The van der Waals surface area contributed by atoms with E-state index >= 15 is 0 Å². The maximum atomic E-state index is 12.3. The van der Waals surface area contributed by atoms with Crippen LogP contribution in [0.1, 0.15) is 19.3 Å². The van der Waals surface area contributed by atoms with Crippen molar-refractivity contribution in [1.29, 1.82) is 0 Å². The highest BCUT2D eigenvalue weighted by Gasteiger charge is 2.26. The van der Waals surface area contributed by atoms with E-state index in [-0.39, 0.29) is 30.1 Å². The van der Waals surface area contributed by atoms with Gasteiger partial charge >= 0.3 is 5.97 Å². The SMILES string of the molecule is O=C(C[C@@H]1C=CCC1)OCC(=O)N1CCN(c2ccc(Cl)cc2[N+](=O)[O-])CC1. The van der Waals surface area contributed by atoms with Crippen LogP contribution in [-0.4, -0.2) is 54.5 Å². The summed E-state index contributed by atoms with van der Waals surface area (Å²) in [4.78, 5) is 38.4. The molecule has 9 heteroatoms. The van der Waals surface area contributed by atoms with Gasteiger partial charge in [0.25, 0.3) is 11.6 Å².